The third kappa shape index (κ3) is 3.06. The molecule has 0 saturated carbocycles. The molecule has 1 aliphatic rings. The Morgan fingerprint density at radius 3 is 2.69 bits per heavy atom. The minimum absolute atomic E-state index is 0.646. The van der Waals surface area contributed by atoms with Crippen molar-refractivity contribution in [3.63, 3.8) is 0 Å². The number of rotatable bonds is 3. The second kappa shape index (κ2) is 5.58. The smallest absolute Gasteiger partial charge is 0.00207 e. The van der Waals surface area contributed by atoms with Gasteiger partial charge in [0.2, 0.25) is 0 Å². The molecule has 0 bridgehead atoms. The van der Waals surface area contributed by atoms with E-state index in [1.165, 1.54) is 18.4 Å². The summed E-state index contributed by atoms with van der Waals surface area (Å²) in [6.45, 7) is 4.12. The molecule has 0 aromatic carbocycles. The van der Waals surface area contributed by atoms with E-state index in [1.54, 1.807) is 0 Å². The van der Waals surface area contributed by atoms with Crippen molar-refractivity contribution in [2.24, 2.45) is 5.92 Å². The summed E-state index contributed by atoms with van der Waals surface area (Å²) >= 11 is 0. The molecule has 1 unspecified atom stereocenters. The SMILES string of the molecule is C\C=C/C=C(\C=C/C)C1C=CCC1. The van der Waals surface area contributed by atoms with Crippen LogP contribution in [0.15, 0.2) is 48.1 Å². The van der Waals surface area contributed by atoms with E-state index in [-0.39, 0.29) is 0 Å². The van der Waals surface area contributed by atoms with Gasteiger partial charge < -0.3 is 0 Å². The highest BCUT2D eigenvalue weighted by Crippen LogP contribution is 2.25. The molecule has 0 fully saturated rings. The van der Waals surface area contributed by atoms with E-state index < -0.39 is 0 Å². The van der Waals surface area contributed by atoms with Crippen molar-refractivity contribution in [2.75, 3.05) is 0 Å². The van der Waals surface area contributed by atoms with E-state index in [2.05, 4.69) is 49.5 Å². The van der Waals surface area contributed by atoms with Gasteiger partial charge in [0.25, 0.3) is 0 Å². The minimum Gasteiger partial charge on any atom is -0.0879 e. The van der Waals surface area contributed by atoms with Crippen molar-refractivity contribution in [1.82, 2.24) is 0 Å². The number of hydrogen-bond donors (Lipinski definition) is 0. The summed E-state index contributed by atoms with van der Waals surface area (Å²) in [7, 11) is 0. The molecule has 0 aromatic rings. The van der Waals surface area contributed by atoms with Crippen molar-refractivity contribution in [2.45, 2.75) is 26.7 Å². The number of allylic oxidation sites excluding steroid dienone is 8. The monoisotopic (exact) mass is 174 g/mol. The lowest BCUT2D eigenvalue weighted by molar-refractivity contribution is 0.744. The molecular formula is C13H18. The Bertz CT molecular complexity index is 251. The zero-order valence-electron chi connectivity index (χ0n) is 8.53. The first-order valence-electron chi connectivity index (χ1n) is 5.00. The van der Waals surface area contributed by atoms with Gasteiger partial charge in [-0.05, 0) is 32.3 Å². The van der Waals surface area contributed by atoms with Crippen molar-refractivity contribution in [1.29, 1.82) is 0 Å². The Morgan fingerprint density at radius 1 is 1.31 bits per heavy atom. The van der Waals surface area contributed by atoms with Gasteiger partial charge in [0.05, 0.1) is 0 Å². The summed E-state index contributed by atoms with van der Waals surface area (Å²) in [6.07, 6.45) is 17.8. The second-order valence-electron chi connectivity index (χ2n) is 3.30. The van der Waals surface area contributed by atoms with Gasteiger partial charge >= 0.3 is 0 Å². The van der Waals surface area contributed by atoms with Gasteiger partial charge in [-0.25, -0.2) is 0 Å². The second-order valence-corrected chi connectivity index (χ2v) is 3.30. The quantitative estimate of drug-likeness (QED) is 0.447. The van der Waals surface area contributed by atoms with Crippen LogP contribution in [0.5, 0.6) is 0 Å². The summed E-state index contributed by atoms with van der Waals surface area (Å²) < 4.78 is 0. The van der Waals surface area contributed by atoms with Gasteiger partial charge in [-0.1, -0.05) is 42.5 Å². The van der Waals surface area contributed by atoms with Gasteiger partial charge in [0.1, 0.15) is 0 Å². The fraction of sp³-hybridized carbons (Fsp3) is 0.385. The molecule has 0 radical (unpaired) electrons. The van der Waals surface area contributed by atoms with Crippen LogP contribution in [0.2, 0.25) is 0 Å². The summed E-state index contributed by atoms with van der Waals surface area (Å²) in [5.74, 6) is 0.646. The maximum atomic E-state index is 2.31. The zero-order chi connectivity index (χ0) is 9.52. The molecule has 1 rings (SSSR count). The lowest BCUT2D eigenvalue weighted by Crippen LogP contribution is -1.93. The molecule has 0 aromatic heterocycles. The van der Waals surface area contributed by atoms with Crippen LogP contribution < -0.4 is 0 Å². The van der Waals surface area contributed by atoms with Crippen LogP contribution in [0.3, 0.4) is 0 Å². The van der Waals surface area contributed by atoms with Crippen molar-refractivity contribution < 1.29 is 0 Å². The van der Waals surface area contributed by atoms with Gasteiger partial charge in [-0.15, -0.1) is 0 Å². The molecule has 1 aliphatic carbocycles. The summed E-state index contributed by atoms with van der Waals surface area (Å²) in [6, 6.07) is 0. The first kappa shape index (κ1) is 10.0. The highest BCUT2D eigenvalue weighted by molar-refractivity contribution is 5.30. The standard InChI is InChI=1S/C13H18/c1-3-5-9-12(8-4-2)13-10-6-7-11-13/h3-6,8-10,13H,7,11H2,1-2H3/b5-3-,8-4-,12-9+. The van der Waals surface area contributed by atoms with Crippen molar-refractivity contribution >= 4 is 0 Å². The highest BCUT2D eigenvalue weighted by atomic mass is 14.2. The van der Waals surface area contributed by atoms with Crippen LogP contribution >= 0.6 is 0 Å². The third-order valence-electron chi connectivity index (χ3n) is 2.28. The van der Waals surface area contributed by atoms with E-state index in [4.69, 9.17) is 0 Å². The van der Waals surface area contributed by atoms with Gasteiger partial charge in [-0.3, -0.25) is 0 Å². The first-order valence-corrected chi connectivity index (χ1v) is 5.00. The summed E-state index contributed by atoms with van der Waals surface area (Å²) in [4.78, 5) is 0. The normalized spacial score (nSPS) is 23.8. The Labute approximate surface area is 81.4 Å². The van der Waals surface area contributed by atoms with Crippen molar-refractivity contribution in [3.8, 4) is 0 Å². The Kier molecular flexibility index (Phi) is 4.31. The topological polar surface area (TPSA) is 0 Å². The van der Waals surface area contributed by atoms with Gasteiger partial charge in [0, 0.05) is 5.92 Å². The summed E-state index contributed by atoms with van der Waals surface area (Å²) in [5, 5.41) is 0. The highest BCUT2D eigenvalue weighted by Gasteiger charge is 2.10. The number of hydrogen-bond acceptors (Lipinski definition) is 0. The first-order chi connectivity index (χ1) is 6.38. The average molecular weight is 174 g/mol. The zero-order valence-corrected chi connectivity index (χ0v) is 8.53. The molecule has 0 heteroatoms. The molecule has 1 atom stereocenters. The minimum atomic E-state index is 0.646. The van der Waals surface area contributed by atoms with Crippen LogP contribution in [0, 0.1) is 5.92 Å². The van der Waals surface area contributed by atoms with E-state index in [0.29, 0.717) is 5.92 Å². The van der Waals surface area contributed by atoms with Crippen LogP contribution in [0.25, 0.3) is 0 Å². The Balaban J connectivity index is 2.72. The molecule has 13 heavy (non-hydrogen) atoms. The fourth-order valence-electron chi connectivity index (χ4n) is 1.61. The molecule has 0 saturated heterocycles. The van der Waals surface area contributed by atoms with Gasteiger partial charge in [0.15, 0.2) is 0 Å². The predicted molar refractivity (Wildman–Crippen MR) is 59.6 cm³/mol. The summed E-state index contributed by atoms with van der Waals surface area (Å²) in [5.41, 5.74) is 1.43. The van der Waals surface area contributed by atoms with E-state index in [0.717, 1.165) is 0 Å². The third-order valence-corrected chi connectivity index (χ3v) is 2.28. The molecule has 0 spiro atoms. The Hall–Kier alpha value is -1.04. The molecular weight excluding hydrogens is 156 g/mol. The van der Waals surface area contributed by atoms with E-state index in [1.807, 2.05) is 6.92 Å². The molecule has 0 nitrogen and oxygen atoms in total. The van der Waals surface area contributed by atoms with Crippen LogP contribution in [0.4, 0.5) is 0 Å². The van der Waals surface area contributed by atoms with Crippen LogP contribution in [-0.2, 0) is 0 Å². The molecule has 70 valence electrons. The van der Waals surface area contributed by atoms with E-state index >= 15 is 0 Å². The average Bonchev–Trinajstić information content (AvgIpc) is 2.65. The molecule has 0 aliphatic heterocycles. The molecule has 0 N–H and O–H groups in total. The lowest BCUT2D eigenvalue weighted by Gasteiger charge is -2.07. The maximum absolute atomic E-state index is 2.31. The van der Waals surface area contributed by atoms with Crippen LogP contribution in [0.1, 0.15) is 26.7 Å². The Morgan fingerprint density at radius 2 is 2.15 bits per heavy atom. The predicted octanol–water partition coefficient (Wildman–Crippen LogP) is 4.03. The van der Waals surface area contributed by atoms with E-state index in [9.17, 15) is 0 Å². The fourth-order valence-corrected chi connectivity index (χ4v) is 1.61. The van der Waals surface area contributed by atoms with Crippen molar-refractivity contribution in [3.05, 3.63) is 48.1 Å². The lowest BCUT2D eigenvalue weighted by atomic mass is 9.97. The molecule has 0 amide bonds. The molecule has 0 heterocycles. The largest absolute Gasteiger partial charge is 0.0879 e. The van der Waals surface area contributed by atoms with Crippen LogP contribution in [-0.4, -0.2) is 0 Å². The van der Waals surface area contributed by atoms with Gasteiger partial charge in [-0.2, -0.15) is 0 Å². The maximum Gasteiger partial charge on any atom is 0.00207 e.